The van der Waals surface area contributed by atoms with Crippen molar-refractivity contribution in [2.75, 3.05) is 17.3 Å². The normalized spacial score (nSPS) is 10.7. The maximum atomic E-state index is 11.6. The van der Waals surface area contributed by atoms with Crippen LogP contribution in [0.15, 0.2) is 60.7 Å². The molecule has 3 rings (SSSR count). The number of carbonyl (C=O) groups excluding carboxylic acids is 1. The van der Waals surface area contributed by atoms with Crippen molar-refractivity contribution in [1.29, 1.82) is 0 Å². The predicted octanol–water partition coefficient (Wildman–Crippen LogP) is 2.97. The Morgan fingerprint density at radius 1 is 1.13 bits per heavy atom. The summed E-state index contributed by atoms with van der Waals surface area (Å²) in [6.45, 7) is 1.55. The number of rotatable bonds is 7. The Kier molecular flexibility index (Phi) is 6.02. The number of para-hydroxylation sites is 1. The van der Waals surface area contributed by atoms with E-state index in [1.165, 1.54) is 6.08 Å². The van der Waals surface area contributed by atoms with E-state index in [0.29, 0.717) is 11.3 Å². The van der Waals surface area contributed by atoms with Gasteiger partial charge in [0, 0.05) is 18.4 Å². The number of nitrogens with one attached hydrogen (secondary N) is 1. The summed E-state index contributed by atoms with van der Waals surface area (Å²) in [6, 6.07) is 16.0. The van der Waals surface area contributed by atoms with Gasteiger partial charge in [0.1, 0.15) is 5.69 Å². The molecule has 0 aliphatic carbocycles. The Balaban J connectivity index is 1.99. The van der Waals surface area contributed by atoms with Crippen molar-refractivity contribution in [1.82, 2.24) is 9.97 Å². The van der Waals surface area contributed by atoms with E-state index in [-0.39, 0.29) is 23.1 Å². The maximum absolute atomic E-state index is 11.6. The van der Waals surface area contributed by atoms with Crippen molar-refractivity contribution in [2.45, 2.75) is 6.92 Å². The third kappa shape index (κ3) is 4.76. The van der Waals surface area contributed by atoms with E-state index in [1.54, 1.807) is 43.1 Å². The zero-order valence-electron chi connectivity index (χ0n) is 16.3. The molecule has 0 fully saturated rings. The number of carboxylic acid groups (broad SMARTS) is 1. The number of nitrogens with zero attached hydrogens (tertiary/aromatic N) is 4. The summed E-state index contributed by atoms with van der Waals surface area (Å²) >= 11 is 0. The van der Waals surface area contributed by atoms with Gasteiger partial charge in [-0.25, -0.2) is 4.98 Å². The number of benzene rings is 2. The van der Waals surface area contributed by atoms with Gasteiger partial charge >= 0.3 is 5.69 Å². The van der Waals surface area contributed by atoms with Crippen LogP contribution in [0.3, 0.4) is 0 Å². The molecular formula is C21H18N5O4-. The Hall–Kier alpha value is -4.27. The molecule has 0 aliphatic rings. The molecule has 0 atom stereocenters. The van der Waals surface area contributed by atoms with E-state index in [2.05, 4.69) is 15.3 Å². The molecule has 0 spiro atoms. The Morgan fingerprint density at radius 2 is 1.87 bits per heavy atom. The first-order chi connectivity index (χ1) is 14.3. The zero-order valence-corrected chi connectivity index (χ0v) is 16.3. The number of hydrogen-bond acceptors (Lipinski definition) is 8. The number of aromatic nitrogens is 2. The van der Waals surface area contributed by atoms with Crippen LogP contribution < -0.4 is 15.3 Å². The number of aliphatic carboxylic acids is 1. The fraction of sp³-hybridized carbons (Fsp3) is 0.0952. The average molecular weight is 404 g/mol. The molecule has 9 nitrogen and oxygen atoms in total. The maximum Gasteiger partial charge on any atom is 0.333 e. The fourth-order valence-electron chi connectivity index (χ4n) is 2.84. The highest BCUT2D eigenvalue weighted by Gasteiger charge is 2.25. The van der Waals surface area contributed by atoms with Crippen LogP contribution in [0, 0.1) is 17.0 Å². The van der Waals surface area contributed by atoms with Gasteiger partial charge in [0.25, 0.3) is 0 Å². The third-order valence-corrected chi connectivity index (χ3v) is 4.24. The van der Waals surface area contributed by atoms with E-state index < -0.39 is 10.9 Å². The molecule has 152 valence electrons. The minimum Gasteiger partial charge on any atom is -0.545 e. The highest BCUT2D eigenvalue weighted by molar-refractivity contribution is 5.84. The lowest BCUT2D eigenvalue weighted by Gasteiger charge is -2.19. The molecule has 0 amide bonds. The van der Waals surface area contributed by atoms with Gasteiger partial charge in [-0.3, -0.25) is 10.1 Å². The molecule has 1 N–H and O–H groups in total. The van der Waals surface area contributed by atoms with Crippen molar-refractivity contribution in [3.05, 3.63) is 82.0 Å². The Bertz CT molecular complexity index is 1120. The summed E-state index contributed by atoms with van der Waals surface area (Å²) in [7, 11) is 1.69. The lowest BCUT2D eigenvalue weighted by Crippen LogP contribution is -2.18. The van der Waals surface area contributed by atoms with Crippen molar-refractivity contribution >= 4 is 40.9 Å². The van der Waals surface area contributed by atoms with Gasteiger partial charge in [0.2, 0.25) is 11.8 Å². The Labute approximate surface area is 172 Å². The minimum absolute atomic E-state index is 0.147. The van der Waals surface area contributed by atoms with Crippen LogP contribution >= 0.6 is 0 Å². The molecule has 0 aliphatic heterocycles. The molecule has 9 heteroatoms. The minimum atomic E-state index is -1.30. The molecule has 30 heavy (non-hydrogen) atoms. The van der Waals surface area contributed by atoms with Crippen molar-refractivity contribution in [3.63, 3.8) is 0 Å². The van der Waals surface area contributed by atoms with Crippen LogP contribution in [0.4, 0.5) is 28.8 Å². The zero-order chi connectivity index (χ0) is 21.7. The molecule has 0 saturated carbocycles. The Morgan fingerprint density at radius 3 is 2.53 bits per heavy atom. The van der Waals surface area contributed by atoms with Crippen LogP contribution in [0.1, 0.15) is 11.3 Å². The second kappa shape index (κ2) is 8.82. The predicted molar refractivity (Wildman–Crippen MR) is 112 cm³/mol. The SMILES string of the molecule is Cc1nc(Nc2cccc(/C=C/C(=O)[O-])c2)nc(N(C)c2ccccc2)c1[N+](=O)[O-]. The van der Waals surface area contributed by atoms with Crippen LogP contribution in [0.25, 0.3) is 6.08 Å². The molecule has 1 aromatic heterocycles. The van der Waals surface area contributed by atoms with E-state index >= 15 is 0 Å². The molecule has 2 aromatic carbocycles. The molecule has 0 bridgehead atoms. The van der Waals surface area contributed by atoms with Crippen molar-refractivity contribution < 1.29 is 14.8 Å². The summed E-state index contributed by atoms with van der Waals surface area (Å²) in [6.07, 6.45) is 2.33. The van der Waals surface area contributed by atoms with Crippen molar-refractivity contribution in [3.8, 4) is 0 Å². The quantitative estimate of drug-likeness (QED) is 0.362. The van der Waals surface area contributed by atoms with Gasteiger partial charge in [0.05, 0.1) is 10.9 Å². The number of nitro groups is 1. The largest absolute Gasteiger partial charge is 0.545 e. The van der Waals surface area contributed by atoms with E-state index in [4.69, 9.17) is 0 Å². The van der Waals surface area contributed by atoms with Gasteiger partial charge in [-0.1, -0.05) is 36.4 Å². The van der Waals surface area contributed by atoms with Gasteiger partial charge in [-0.2, -0.15) is 4.98 Å². The first kappa shape index (κ1) is 20.5. The lowest BCUT2D eigenvalue weighted by atomic mass is 10.2. The van der Waals surface area contributed by atoms with Crippen LogP contribution in [-0.2, 0) is 4.79 Å². The lowest BCUT2D eigenvalue weighted by molar-refractivity contribution is -0.385. The van der Waals surface area contributed by atoms with Gasteiger partial charge in [0.15, 0.2) is 0 Å². The number of anilines is 4. The molecule has 1 heterocycles. The van der Waals surface area contributed by atoms with E-state index in [9.17, 15) is 20.0 Å². The number of carboxylic acids is 1. The summed E-state index contributed by atoms with van der Waals surface area (Å²) in [4.78, 5) is 31.9. The molecule has 3 aromatic rings. The van der Waals surface area contributed by atoms with Crippen molar-refractivity contribution in [2.24, 2.45) is 0 Å². The van der Waals surface area contributed by atoms with Crippen LogP contribution in [0.2, 0.25) is 0 Å². The van der Waals surface area contributed by atoms with Gasteiger partial charge in [-0.05, 0) is 42.8 Å². The topological polar surface area (TPSA) is 124 Å². The van der Waals surface area contributed by atoms with Gasteiger partial charge < -0.3 is 20.1 Å². The molecule has 0 unspecified atom stereocenters. The first-order valence-electron chi connectivity index (χ1n) is 8.93. The standard InChI is InChI=1S/C21H19N5O4/c1-14-19(26(29)30)20(25(2)17-9-4-3-5-10-17)24-21(22-14)23-16-8-6-7-15(13-16)11-12-18(27)28/h3-13H,1-2H3,(H,27,28)(H,22,23,24)/p-1/b12-11+. The highest BCUT2D eigenvalue weighted by atomic mass is 16.6. The second-order valence-electron chi connectivity index (χ2n) is 6.36. The molecule has 0 radical (unpaired) electrons. The number of carbonyl (C=O) groups is 1. The molecule has 0 saturated heterocycles. The summed E-state index contributed by atoms with van der Waals surface area (Å²) < 4.78 is 0. The van der Waals surface area contributed by atoms with Gasteiger partial charge in [-0.15, -0.1) is 0 Å². The van der Waals surface area contributed by atoms with Crippen LogP contribution in [-0.4, -0.2) is 27.9 Å². The average Bonchev–Trinajstić information content (AvgIpc) is 2.72. The van der Waals surface area contributed by atoms with E-state index in [0.717, 1.165) is 11.8 Å². The number of hydrogen-bond donors (Lipinski definition) is 1. The number of aryl methyl sites for hydroxylation is 1. The molecular weight excluding hydrogens is 386 g/mol. The van der Waals surface area contributed by atoms with E-state index in [1.807, 2.05) is 30.3 Å². The fourth-order valence-corrected chi connectivity index (χ4v) is 2.84. The second-order valence-corrected chi connectivity index (χ2v) is 6.36. The highest BCUT2D eigenvalue weighted by Crippen LogP contribution is 2.33. The summed E-state index contributed by atoms with van der Waals surface area (Å²) in [5.74, 6) is -0.970. The smallest absolute Gasteiger partial charge is 0.333 e. The first-order valence-corrected chi connectivity index (χ1v) is 8.93. The summed E-state index contributed by atoms with van der Waals surface area (Å²) in [5.41, 5.74) is 1.99. The van der Waals surface area contributed by atoms with Crippen LogP contribution in [0.5, 0.6) is 0 Å². The summed E-state index contributed by atoms with van der Waals surface area (Å²) in [5, 5.41) is 25.3. The third-order valence-electron chi connectivity index (χ3n) is 4.24. The monoisotopic (exact) mass is 404 g/mol.